The first kappa shape index (κ1) is 11.5. The van der Waals surface area contributed by atoms with Crippen LogP contribution in [0.15, 0.2) is 0 Å². The number of hydrogen-bond acceptors (Lipinski definition) is 4. The molecule has 1 heterocycles. The van der Waals surface area contributed by atoms with Gasteiger partial charge in [-0.1, -0.05) is 0 Å². The van der Waals surface area contributed by atoms with E-state index < -0.39 is 0 Å². The van der Waals surface area contributed by atoms with Crippen molar-refractivity contribution in [1.29, 1.82) is 0 Å². The van der Waals surface area contributed by atoms with E-state index in [4.69, 9.17) is 0 Å². The van der Waals surface area contributed by atoms with Crippen molar-refractivity contribution in [1.82, 2.24) is 10.2 Å². The lowest BCUT2D eigenvalue weighted by molar-refractivity contribution is -0.135. The highest BCUT2D eigenvalue weighted by Gasteiger charge is 2.26. The zero-order valence-corrected chi connectivity index (χ0v) is 9.39. The van der Waals surface area contributed by atoms with Gasteiger partial charge in [0.05, 0.1) is 12.6 Å². The first-order valence-corrected chi connectivity index (χ1v) is 5.84. The Kier molecular flexibility index (Phi) is 4.41. The van der Waals surface area contributed by atoms with Crippen molar-refractivity contribution in [3.8, 4) is 0 Å². The van der Waals surface area contributed by atoms with Gasteiger partial charge in [-0.3, -0.25) is 9.59 Å². The molecular weight excluding hydrogens is 200 g/mol. The number of rotatable bonds is 3. The number of amides is 1. The van der Waals surface area contributed by atoms with Gasteiger partial charge in [-0.2, -0.15) is 11.8 Å². The van der Waals surface area contributed by atoms with E-state index in [0.29, 0.717) is 6.54 Å². The quantitative estimate of drug-likeness (QED) is 0.706. The highest BCUT2D eigenvalue weighted by atomic mass is 32.2. The maximum Gasteiger partial charge on any atom is 0.240 e. The molecule has 0 aliphatic carbocycles. The van der Waals surface area contributed by atoms with Crippen LogP contribution >= 0.6 is 11.8 Å². The number of thioether (sulfide) groups is 1. The van der Waals surface area contributed by atoms with Gasteiger partial charge in [0.2, 0.25) is 5.91 Å². The summed E-state index contributed by atoms with van der Waals surface area (Å²) in [5.74, 6) is 1.80. The number of nitrogens with zero attached hydrogens (tertiary/aromatic N) is 1. The Labute approximate surface area is 88.4 Å². The van der Waals surface area contributed by atoms with Crippen molar-refractivity contribution >= 4 is 23.5 Å². The van der Waals surface area contributed by atoms with E-state index >= 15 is 0 Å². The summed E-state index contributed by atoms with van der Waals surface area (Å²) in [6.45, 7) is 2.44. The SMILES string of the molecule is CNC1CSCCN(CC(C)=O)C1=O. The van der Waals surface area contributed by atoms with Gasteiger partial charge in [-0.25, -0.2) is 0 Å². The third kappa shape index (κ3) is 2.99. The predicted octanol–water partition coefficient (Wildman–Crippen LogP) is -0.261. The Morgan fingerprint density at radius 2 is 2.43 bits per heavy atom. The van der Waals surface area contributed by atoms with Crippen LogP contribution in [0.4, 0.5) is 0 Å². The molecule has 0 saturated carbocycles. The van der Waals surface area contributed by atoms with Crippen LogP contribution in [-0.4, -0.2) is 54.3 Å². The second-order valence-corrected chi connectivity index (χ2v) is 4.53. The molecule has 0 spiro atoms. The summed E-state index contributed by atoms with van der Waals surface area (Å²) >= 11 is 1.75. The molecule has 1 amide bonds. The van der Waals surface area contributed by atoms with Crippen molar-refractivity contribution in [3.63, 3.8) is 0 Å². The van der Waals surface area contributed by atoms with Crippen molar-refractivity contribution in [2.24, 2.45) is 0 Å². The maximum absolute atomic E-state index is 11.8. The van der Waals surface area contributed by atoms with Crippen LogP contribution < -0.4 is 5.32 Å². The van der Waals surface area contributed by atoms with E-state index in [2.05, 4.69) is 5.32 Å². The molecule has 80 valence electrons. The van der Waals surface area contributed by atoms with Crippen LogP contribution in [-0.2, 0) is 9.59 Å². The number of carbonyl (C=O) groups is 2. The van der Waals surface area contributed by atoms with Crippen LogP contribution in [0.25, 0.3) is 0 Å². The smallest absolute Gasteiger partial charge is 0.240 e. The minimum absolute atomic E-state index is 0.0418. The topological polar surface area (TPSA) is 49.4 Å². The Morgan fingerprint density at radius 3 is 3.00 bits per heavy atom. The second-order valence-electron chi connectivity index (χ2n) is 3.38. The minimum atomic E-state index is -0.137. The first-order valence-electron chi connectivity index (χ1n) is 4.68. The maximum atomic E-state index is 11.8. The molecule has 1 N–H and O–H groups in total. The van der Waals surface area contributed by atoms with Crippen molar-refractivity contribution < 1.29 is 9.59 Å². The van der Waals surface area contributed by atoms with Crippen molar-refractivity contribution in [2.45, 2.75) is 13.0 Å². The molecule has 1 rings (SSSR count). The normalized spacial score (nSPS) is 23.4. The number of hydrogen-bond donors (Lipinski definition) is 1. The number of nitrogens with one attached hydrogen (secondary N) is 1. The summed E-state index contributed by atoms with van der Waals surface area (Å²) in [5, 5.41) is 2.97. The third-order valence-corrected chi connectivity index (χ3v) is 3.20. The number of likely N-dealkylation sites (N-methyl/N-ethyl adjacent to an activating group) is 1. The minimum Gasteiger partial charge on any atom is -0.333 e. The van der Waals surface area contributed by atoms with Gasteiger partial charge in [-0.15, -0.1) is 0 Å². The zero-order chi connectivity index (χ0) is 10.6. The predicted molar refractivity (Wildman–Crippen MR) is 57.4 cm³/mol. The Hall–Kier alpha value is -0.550. The number of Topliss-reactive ketones (excluding diaryl/α,β-unsaturated/α-hetero) is 1. The van der Waals surface area contributed by atoms with E-state index in [9.17, 15) is 9.59 Å². The molecule has 1 aliphatic rings. The third-order valence-electron chi connectivity index (χ3n) is 2.16. The highest BCUT2D eigenvalue weighted by Crippen LogP contribution is 2.11. The molecule has 0 bridgehead atoms. The van der Waals surface area contributed by atoms with Gasteiger partial charge in [0, 0.05) is 18.1 Å². The van der Waals surface area contributed by atoms with Gasteiger partial charge in [-0.05, 0) is 14.0 Å². The van der Waals surface area contributed by atoms with E-state index in [0.717, 1.165) is 11.5 Å². The van der Waals surface area contributed by atoms with Gasteiger partial charge < -0.3 is 10.2 Å². The van der Waals surface area contributed by atoms with Gasteiger partial charge >= 0.3 is 0 Å². The van der Waals surface area contributed by atoms with E-state index in [1.807, 2.05) is 0 Å². The first-order chi connectivity index (χ1) is 6.65. The average molecular weight is 216 g/mol. The molecule has 0 aromatic rings. The molecule has 1 aliphatic heterocycles. The van der Waals surface area contributed by atoms with Crippen LogP contribution in [0.2, 0.25) is 0 Å². The van der Waals surface area contributed by atoms with E-state index in [1.165, 1.54) is 6.92 Å². The number of ketones is 1. The fraction of sp³-hybridized carbons (Fsp3) is 0.778. The summed E-state index contributed by atoms with van der Waals surface area (Å²) in [6, 6.07) is -0.137. The lowest BCUT2D eigenvalue weighted by atomic mass is 10.2. The summed E-state index contributed by atoms with van der Waals surface area (Å²) in [4.78, 5) is 24.4. The summed E-state index contributed by atoms with van der Waals surface area (Å²) in [6.07, 6.45) is 0. The molecule has 4 nitrogen and oxygen atoms in total. The molecule has 0 aromatic carbocycles. The number of carbonyl (C=O) groups excluding carboxylic acids is 2. The standard InChI is InChI=1S/C9H16N2O2S/c1-7(12)5-11-3-4-14-6-8(10-2)9(11)13/h8,10H,3-6H2,1-2H3. The Morgan fingerprint density at radius 1 is 1.71 bits per heavy atom. The largest absolute Gasteiger partial charge is 0.333 e. The van der Waals surface area contributed by atoms with Crippen molar-refractivity contribution in [3.05, 3.63) is 0 Å². The van der Waals surface area contributed by atoms with Crippen molar-refractivity contribution in [2.75, 3.05) is 31.6 Å². The Balaban J connectivity index is 2.63. The zero-order valence-electron chi connectivity index (χ0n) is 8.58. The average Bonchev–Trinajstić information content (AvgIpc) is 2.29. The fourth-order valence-electron chi connectivity index (χ4n) is 1.41. The summed E-state index contributed by atoms with van der Waals surface area (Å²) < 4.78 is 0. The monoisotopic (exact) mass is 216 g/mol. The fourth-order valence-corrected chi connectivity index (χ4v) is 2.47. The van der Waals surface area contributed by atoms with Gasteiger partial charge in [0.15, 0.2) is 0 Å². The summed E-state index contributed by atoms with van der Waals surface area (Å²) in [7, 11) is 1.78. The molecule has 5 heteroatoms. The lowest BCUT2D eigenvalue weighted by Crippen LogP contribution is -2.47. The van der Waals surface area contributed by atoms with E-state index in [1.54, 1.807) is 23.7 Å². The van der Waals surface area contributed by atoms with Crippen LogP contribution in [0.3, 0.4) is 0 Å². The van der Waals surface area contributed by atoms with Gasteiger partial charge in [0.1, 0.15) is 5.78 Å². The Bertz CT molecular complexity index is 233. The molecule has 14 heavy (non-hydrogen) atoms. The van der Waals surface area contributed by atoms with E-state index in [-0.39, 0.29) is 24.3 Å². The van der Waals surface area contributed by atoms with Crippen LogP contribution in [0.5, 0.6) is 0 Å². The molecule has 1 atom stereocenters. The van der Waals surface area contributed by atoms with Crippen LogP contribution in [0.1, 0.15) is 6.92 Å². The molecule has 1 fully saturated rings. The molecule has 0 aromatic heterocycles. The molecule has 0 radical (unpaired) electrons. The summed E-state index contributed by atoms with van der Waals surface area (Å²) in [5.41, 5.74) is 0. The molecular formula is C9H16N2O2S. The molecule has 1 saturated heterocycles. The highest BCUT2D eigenvalue weighted by molar-refractivity contribution is 7.99. The lowest BCUT2D eigenvalue weighted by Gasteiger charge is -2.22. The second kappa shape index (κ2) is 5.36. The van der Waals surface area contributed by atoms with Gasteiger partial charge in [0.25, 0.3) is 0 Å². The van der Waals surface area contributed by atoms with Crippen LogP contribution in [0, 0.1) is 0 Å². The molecule has 1 unspecified atom stereocenters.